The smallest absolute Gasteiger partial charge is 0.264 e. The van der Waals surface area contributed by atoms with Crippen LogP contribution in [0.5, 0.6) is 0 Å². The van der Waals surface area contributed by atoms with Crippen LogP contribution in [-0.2, 0) is 0 Å². The molecule has 7 nitrogen and oxygen atoms in total. The van der Waals surface area contributed by atoms with Gasteiger partial charge in [0.1, 0.15) is 16.4 Å². The zero-order chi connectivity index (χ0) is 21.4. The third kappa shape index (κ3) is 4.27. The summed E-state index contributed by atoms with van der Waals surface area (Å²) in [7, 11) is 0. The summed E-state index contributed by atoms with van der Waals surface area (Å²) in [6, 6.07) is 7.87. The van der Waals surface area contributed by atoms with Gasteiger partial charge in [-0.1, -0.05) is 12.1 Å². The maximum atomic E-state index is 13.6. The lowest BCUT2D eigenvalue weighted by atomic mass is 10.1. The number of halogens is 2. The molecular weight excluding hydrogens is 422 g/mol. The van der Waals surface area contributed by atoms with Crippen molar-refractivity contribution in [1.29, 1.82) is 0 Å². The van der Waals surface area contributed by atoms with Crippen molar-refractivity contribution in [3.8, 4) is 10.6 Å². The molecule has 2 aliphatic rings. The standard InChI is InChI=1S/C21H24F2N6OS/c22-21(23)7-10-29(11-8-21)20-27-17(25-13-4-3-9-24-12-13)16(18(30)28-20)19-26-14-5-1-2-6-15(14)31-19/h1-2,5-6,13,24H,3-4,7-12H2,(H2,25,27,28,30). The largest absolute Gasteiger partial charge is 0.365 e. The summed E-state index contributed by atoms with van der Waals surface area (Å²) in [5.74, 6) is -1.87. The number of H-pyrrole nitrogens is 1. The van der Waals surface area contributed by atoms with Crippen LogP contribution in [0.4, 0.5) is 20.5 Å². The Hall–Kier alpha value is -2.59. The lowest BCUT2D eigenvalue weighted by molar-refractivity contribution is -0.0222. The number of benzene rings is 1. The van der Waals surface area contributed by atoms with E-state index in [1.165, 1.54) is 11.3 Å². The molecule has 0 bridgehead atoms. The van der Waals surface area contributed by atoms with E-state index in [2.05, 4.69) is 20.6 Å². The molecule has 1 aromatic carbocycles. The van der Waals surface area contributed by atoms with Gasteiger partial charge in [-0.2, -0.15) is 4.98 Å². The summed E-state index contributed by atoms with van der Waals surface area (Å²) in [6.45, 7) is 2.06. The maximum Gasteiger partial charge on any atom is 0.264 e. The molecule has 5 rings (SSSR count). The second-order valence-electron chi connectivity index (χ2n) is 8.13. The Morgan fingerprint density at radius 2 is 2.00 bits per heavy atom. The predicted octanol–water partition coefficient (Wildman–Crippen LogP) is 3.45. The topological polar surface area (TPSA) is 85.9 Å². The average molecular weight is 447 g/mol. The van der Waals surface area contributed by atoms with E-state index >= 15 is 0 Å². The van der Waals surface area contributed by atoms with Gasteiger partial charge >= 0.3 is 0 Å². The monoisotopic (exact) mass is 446 g/mol. The van der Waals surface area contributed by atoms with Crippen molar-refractivity contribution in [3.63, 3.8) is 0 Å². The number of thiazole rings is 1. The van der Waals surface area contributed by atoms with Crippen molar-refractivity contribution in [2.75, 3.05) is 36.4 Å². The Labute approximate surface area is 181 Å². The number of aromatic nitrogens is 3. The average Bonchev–Trinajstić information content (AvgIpc) is 3.17. The van der Waals surface area contributed by atoms with Gasteiger partial charge in [0.25, 0.3) is 11.5 Å². The van der Waals surface area contributed by atoms with Crippen LogP contribution in [0.25, 0.3) is 20.8 Å². The van der Waals surface area contributed by atoms with Crippen LogP contribution in [0, 0.1) is 0 Å². The zero-order valence-electron chi connectivity index (χ0n) is 17.0. The molecule has 0 aliphatic carbocycles. The van der Waals surface area contributed by atoms with Gasteiger partial charge < -0.3 is 15.5 Å². The van der Waals surface area contributed by atoms with Gasteiger partial charge in [0.05, 0.1) is 10.2 Å². The molecule has 0 saturated carbocycles. The fourth-order valence-electron chi connectivity index (χ4n) is 4.11. The molecule has 0 radical (unpaired) electrons. The van der Waals surface area contributed by atoms with E-state index in [0.29, 0.717) is 22.3 Å². The van der Waals surface area contributed by atoms with Crippen LogP contribution in [-0.4, -0.2) is 53.1 Å². The molecule has 2 fully saturated rings. The number of alkyl halides is 2. The molecule has 2 aromatic heterocycles. The molecule has 2 saturated heterocycles. The van der Waals surface area contributed by atoms with Crippen molar-refractivity contribution in [2.45, 2.75) is 37.6 Å². The van der Waals surface area contributed by atoms with E-state index in [-0.39, 0.29) is 37.5 Å². The summed E-state index contributed by atoms with van der Waals surface area (Å²) in [4.78, 5) is 27.1. The molecule has 31 heavy (non-hydrogen) atoms. The van der Waals surface area contributed by atoms with Crippen LogP contribution < -0.4 is 21.1 Å². The Balaban J connectivity index is 1.55. The van der Waals surface area contributed by atoms with Gasteiger partial charge in [-0.3, -0.25) is 9.78 Å². The first-order chi connectivity index (χ1) is 15.0. The van der Waals surface area contributed by atoms with Gasteiger partial charge in [-0.25, -0.2) is 13.8 Å². The first kappa shape index (κ1) is 20.3. The van der Waals surface area contributed by atoms with Crippen molar-refractivity contribution < 1.29 is 8.78 Å². The van der Waals surface area contributed by atoms with Crippen LogP contribution >= 0.6 is 11.3 Å². The summed E-state index contributed by atoms with van der Waals surface area (Å²) >= 11 is 1.44. The molecular formula is C21H24F2N6OS. The van der Waals surface area contributed by atoms with E-state index < -0.39 is 5.92 Å². The van der Waals surface area contributed by atoms with Crippen LogP contribution in [0.2, 0.25) is 0 Å². The number of para-hydroxylation sites is 1. The molecule has 2 aliphatic heterocycles. The van der Waals surface area contributed by atoms with Crippen LogP contribution in [0.3, 0.4) is 0 Å². The highest BCUT2D eigenvalue weighted by molar-refractivity contribution is 7.21. The fraction of sp³-hybridized carbons (Fsp3) is 0.476. The van der Waals surface area contributed by atoms with Gasteiger partial charge in [-0.15, -0.1) is 11.3 Å². The normalized spacial score (nSPS) is 21.4. The number of hydrogen-bond donors (Lipinski definition) is 3. The van der Waals surface area contributed by atoms with Crippen LogP contribution in [0.15, 0.2) is 29.1 Å². The summed E-state index contributed by atoms with van der Waals surface area (Å²) in [6.07, 6.45) is 1.51. The Morgan fingerprint density at radius 1 is 1.19 bits per heavy atom. The Bertz CT molecular complexity index is 1100. The lowest BCUT2D eigenvalue weighted by Crippen LogP contribution is -2.42. The first-order valence-electron chi connectivity index (χ1n) is 10.6. The van der Waals surface area contributed by atoms with Gasteiger partial charge in [0.2, 0.25) is 5.95 Å². The summed E-state index contributed by atoms with van der Waals surface area (Å²) < 4.78 is 28.2. The molecule has 164 valence electrons. The highest BCUT2D eigenvalue weighted by Gasteiger charge is 2.35. The summed E-state index contributed by atoms with van der Waals surface area (Å²) in [5, 5.41) is 7.38. The van der Waals surface area contributed by atoms with Gasteiger partial charge in [-0.05, 0) is 31.5 Å². The highest BCUT2D eigenvalue weighted by atomic mass is 32.1. The Morgan fingerprint density at radius 3 is 2.74 bits per heavy atom. The number of rotatable bonds is 4. The third-order valence-corrected chi connectivity index (χ3v) is 6.90. The lowest BCUT2D eigenvalue weighted by Gasteiger charge is -2.32. The third-order valence-electron chi connectivity index (χ3n) is 5.85. The quantitative estimate of drug-likeness (QED) is 0.569. The number of hydrogen-bond acceptors (Lipinski definition) is 7. The second kappa shape index (κ2) is 8.16. The van der Waals surface area contributed by atoms with Gasteiger partial charge in [0.15, 0.2) is 0 Å². The van der Waals surface area contributed by atoms with Gasteiger partial charge in [0, 0.05) is 38.5 Å². The maximum absolute atomic E-state index is 13.6. The highest BCUT2D eigenvalue weighted by Crippen LogP contribution is 2.34. The van der Waals surface area contributed by atoms with Crippen molar-refractivity contribution in [2.24, 2.45) is 0 Å². The molecule has 3 aromatic rings. The number of piperidine rings is 2. The molecule has 1 atom stereocenters. The molecule has 3 N–H and O–H groups in total. The molecule has 1 unspecified atom stereocenters. The van der Waals surface area contributed by atoms with Crippen molar-refractivity contribution in [3.05, 3.63) is 34.6 Å². The fourth-order valence-corrected chi connectivity index (χ4v) is 5.12. The number of anilines is 2. The summed E-state index contributed by atoms with van der Waals surface area (Å²) in [5.41, 5.74) is 0.917. The molecule has 0 amide bonds. The van der Waals surface area contributed by atoms with E-state index in [1.807, 2.05) is 24.3 Å². The minimum Gasteiger partial charge on any atom is -0.365 e. The van der Waals surface area contributed by atoms with E-state index in [1.54, 1.807) is 4.90 Å². The van der Waals surface area contributed by atoms with Crippen molar-refractivity contribution >= 4 is 33.3 Å². The second-order valence-corrected chi connectivity index (χ2v) is 9.16. The Kier molecular flexibility index (Phi) is 5.35. The number of fused-ring (bicyclic) bond motifs is 1. The number of nitrogens with one attached hydrogen (secondary N) is 3. The van der Waals surface area contributed by atoms with Crippen molar-refractivity contribution in [1.82, 2.24) is 20.3 Å². The molecule has 10 heteroatoms. The number of aromatic amines is 1. The van der Waals surface area contributed by atoms with E-state index in [9.17, 15) is 13.6 Å². The van der Waals surface area contributed by atoms with Crippen LogP contribution in [0.1, 0.15) is 25.7 Å². The number of nitrogens with zero attached hydrogens (tertiary/aromatic N) is 3. The molecule has 0 spiro atoms. The zero-order valence-corrected chi connectivity index (χ0v) is 17.8. The first-order valence-corrected chi connectivity index (χ1v) is 11.4. The predicted molar refractivity (Wildman–Crippen MR) is 119 cm³/mol. The molecule has 4 heterocycles. The van der Waals surface area contributed by atoms with E-state index in [4.69, 9.17) is 4.98 Å². The minimum atomic E-state index is -2.66. The SMILES string of the molecule is O=c1[nH]c(N2CCC(F)(F)CC2)nc(NC2CCCNC2)c1-c1nc2ccccc2s1. The minimum absolute atomic E-state index is 0.134. The van der Waals surface area contributed by atoms with E-state index in [0.717, 1.165) is 36.1 Å².